The number of hydrogen-bond acceptors (Lipinski definition) is 8. The summed E-state index contributed by atoms with van der Waals surface area (Å²) < 4.78 is 69.1. The van der Waals surface area contributed by atoms with Gasteiger partial charge in [0, 0.05) is 45.5 Å². The topological polar surface area (TPSA) is 116 Å². The van der Waals surface area contributed by atoms with Gasteiger partial charge in [0.05, 0.1) is 22.2 Å². The van der Waals surface area contributed by atoms with Gasteiger partial charge in [-0.2, -0.15) is 21.4 Å². The predicted molar refractivity (Wildman–Crippen MR) is 183 cm³/mol. The summed E-state index contributed by atoms with van der Waals surface area (Å²) in [5.41, 5.74) is 3.08. The van der Waals surface area contributed by atoms with Crippen LogP contribution < -0.4 is 9.47 Å². The first-order valence-corrected chi connectivity index (χ1v) is 19.9. The quantitative estimate of drug-likeness (QED) is 0.109. The summed E-state index contributed by atoms with van der Waals surface area (Å²) in [5, 5.41) is 7.43. The normalized spacial score (nSPS) is 15.3. The SMILES string of the molecule is CCC(=C\c1sc2c3ccccc3ccc2[n+]1CCCS(=O)(=O)O)/C=C1/Sc2c(ccc3sccc23)N1CCCS(=O)(=O)O. The number of hydrogen-bond donors (Lipinski definition) is 2. The van der Waals surface area contributed by atoms with Gasteiger partial charge in [0.2, 0.25) is 5.52 Å². The zero-order chi connectivity index (χ0) is 31.1. The van der Waals surface area contributed by atoms with E-state index >= 15 is 0 Å². The molecule has 0 aliphatic carbocycles. The maximum absolute atomic E-state index is 11.5. The van der Waals surface area contributed by atoms with Crippen LogP contribution >= 0.6 is 34.4 Å². The Balaban J connectivity index is 1.42. The van der Waals surface area contributed by atoms with E-state index in [1.54, 1.807) is 34.4 Å². The number of allylic oxidation sites excluding steroid dienone is 2. The third-order valence-electron chi connectivity index (χ3n) is 7.54. The van der Waals surface area contributed by atoms with Crippen molar-refractivity contribution in [1.82, 2.24) is 0 Å². The fraction of sp³-hybridized carbons (Fsp3) is 0.258. The van der Waals surface area contributed by atoms with Crippen molar-refractivity contribution < 1.29 is 30.5 Å². The number of thiazole rings is 1. The van der Waals surface area contributed by atoms with Crippen molar-refractivity contribution in [3.63, 3.8) is 0 Å². The van der Waals surface area contributed by atoms with Crippen LogP contribution in [0.5, 0.6) is 0 Å². The van der Waals surface area contributed by atoms with Crippen LogP contribution in [0.3, 0.4) is 0 Å². The van der Waals surface area contributed by atoms with Gasteiger partial charge in [0.25, 0.3) is 25.2 Å². The van der Waals surface area contributed by atoms with Gasteiger partial charge in [0.15, 0.2) is 6.54 Å². The van der Waals surface area contributed by atoms with Crippen molar-refractivity contribution in [3.05, 3.63) is 81.7 Å². The van der Waals surface area contributed by atoms with E-state index in [1.165, 1.54) is 4.70 Å². The Kier molecular flexibility index (Phi) is 8.90. The lowest BCUT2D eigenvalue weighted by Crippen LogP contribution is -2.36. The number of fused-ring (bicyclic) bond motifs is 6. The highest BCUT2D eigenvalue weighted by Gasteiger charge is 2.28. The highest BCUT2D eigenvalue weighted by atomic mass is 32.2. The summed E-state index contributed by atoms with van der Waals surface area (Å²) in [6.45, 7) is 2.94. The second-order valence-corrected chi connectivity index (χ2v) is 16.7. The number of aryl methyl sites for hydroxylation is 1. The van der Waals surface area contributed by atoms with Crippen LogP contribution in [-0.2, 0) is 26.8 Å². The Morgan fingerprint density at radius 3 is 2.48 bits per heavy atom. The zero-order valence-corrected chi connectivity index (χ0v) is 27.9. The van der Waals surface area contributed by atoms with E-state index in [0.717, 1.165) is 59.0 Å². The average molecular weight is 688 g/mol. The summed E-state index contributed by atoms with van der Waals surface area (Å²) in [6.07, 6.45) is 5.56. The molecule has 44 heavy (non-hydrogen) atoms. The van der Waals surface area contributed by atoms with Crippen LogP contribution in [0.4, 0.5) is 5.69 Å². The van der Waals surface area contributed by atoms with E-state index in [1.807, 2.05) is 12.1 Å². The number of nitrogens with zero attached hydrogens (tertiary/aromatic N) is 2. The first kappa shape index (κ1) is 31.2. The van der Waals surface area contributed by atoms with Crippen LogP contribution in [0.25, 0.3) is 37.2 Å². The van der Waals surface area contributed by atoms with E-state index in [0.29, 0.717) is 13.1 Å². The monoisotopic (exact) mass is 687 g/mol. The number of thioether (sulfide) groups is 1. The second kappa shape index (κ2) is 12.5. The number of benzene rings is 3. The summed E-state index contributed by atoms with van der Waals surface area (Å²) in [6, 6.07) is 18.6. The van der Waals surface area contributed by atoms with Gasteiger partial charge >= 0.3 is 0 Å². The molecule has 1 aliphatic heterocycles. The molecule has 0 spiro atoms. The van der Waals surface area contributed by atoms with Crippen LogP contribution in [0.2, 0.25) is 0 Å². The molecule has 6 rings (SSSR count). The molecule has 3 aromatic carbocycles. The molecule has 2 aromatic heterocycles. The van der Waals surface area contributed by atoms with E-state index in [4.69, 9.17) is 0 Å². The van der Waals surface area contributed by atoms with Crippen molar-refractivity contribution >= 4 is 97.5 Å². The minimum Gasteiger partial charge on any atom is -0.335 e. The minimum absolute atomic E-state index is 0.273. The molecule has 3 heterocycles. The summed E-state index contributed by atoms with van der Waals surface area (Å²) >= 11 is 4.99. The first-order valence-electron chi connectivity index (χ1n) is 14.1. The molecule has 0 fully saturated rings. The third-order valence-corrected chi connectivity index (χ3v) is 12.4. The smallest absolute Gasteiger partial charge is 0.265 e. The molecule has 0 radical (unpaired) electrons. The molecule has 1 aliphatic rings. The lowest BCUT2D eigenvalue weighted by molar-refractivity contribution is -0.668. The van der Waals surface area contributed by atoms with Gasteiger partial charge in [-0.25, -0.2) is 0 Å². The maximum atomic E-state index is 11.5. The largest absolute Gasteiger partial charge is 0.335 e. The van der Waals surface area contributed by atoms with Crippen molar-refractivity contribution in [2.75, 3.05) is 23.0 Å². The van der Waals surface area contributed by atoms with Crippen LogP contribution in [-0.4, -0.2) is 44.0 Å². The van der Waals surface area contributed by atoms with Crippen LogP contribution in [0.1, 0.15) is 31.2 Å². The van der Waals surface area contributed by atoms with Crippen LogP contribution in [0.15, 0.2) is 81.6 Å². The lowest BCUT2D eigenvalue weighted by atomic mass is 10.1. The molecule has 0 unspecified atom stereocenters. The summed E-state index contributed by atoms with van der Waals surface area (Å²) in [7, 11) is -8.15. The number of thiophene rings is 1. The van der Waals surface area contributed by atoms with Crippen molar-refractivity contribution in [2.45, 2.75) is 37.6 Å². The van der Waals surface area contributed by atoms with Gasteiger partial charge in [0.1, 0.15) is 4.70 Å². The Labute approximate surface area is 268 Å². The molecule has 0 bridgehead atoms. The second-order valence-electron chi connectivity index (χ2n) is 10.6. The summed E-state index contributed by atoms with van der Waals surface area (Å²) in [5.74, 6) is -0.628. The van der Waals surface area contributed by atoms with Gasteiger partial charge < -0.3 is 4.90 Å². The Bertz CT molecular complexity index is 2160. The average Bonchev–Trinajstić information content (AvgIpc) is 3.67. The lowest BCUT2D eigenvalue weighted by Gasteiger charge is -2.20. The molecule has 13 heteroatoms. The fourth-order valence-electron chi connectivity index (χ4n) is 5.48. The van der Waals surface area contributed by atoms with Crippen molar-refractivity contribution in [2.24, 2.45) is 0 Å². The first-order chi connectivity index (χ1) is 21.0. The molecule has 0 saturated heterocycles. The maximum Gasteiger partial charge on any atom is 0.265 e. The Morgan fingerprint density at radius 1 is 0.932 bits per heavy atom. The Hall–Kier alpha value is -2.78. The Morgan fingerprint density at radius 2 is 1.70 bits per heavy atom. The molecular weight excluding hydrogens is 657 g/mol. The zero-order valence-electron chi connectivity index (χ0n) is 23.8. The highest BCUT2D eigenvalue weighted by Crippen LogP contribution is 2.50. The van der Waals surface area contributed by atoms with Gasteiger partial charge in [-0.05, 0) is 59.5 Å². The van der Waals surface area contributed by atoms with Crippen LogP contribution in [0, 0.1) is 0 Å². The predicted octanol–water partition coefficient (Wildman–Crippen LogP) is 7.36. The standard InChI is InChI=1S/C31H30N2O6S5/c1-2-21(20-29-33(15-6-18-44(37,38)39)26-11-12-27-24(13-16-40-27)31(26)42-29)19-28-32(14-5-17-43(34,35)36)25-10-9-22-7-3-4-8-23(22)30(25)41-28/h3-4,7-13,16,19-20H,2,5-6,14-15,17-18H2,1H3,(H-,34,35,36,37,38,39)/p+1. The molecule has 230 valence electrons. The molecule has 0 amide bonds. The minimum atomic E-state index is -4.08. The van der Waals surface area contributed by atoms with Crippen molar-refractivity contribution in [1.29, 1.82) is 0 Å². The molecule has 2 N–H and O–H groups in total. The molecule has 5 aromatic rings. The van der Waals surface area contributed by atoms with E-state index < -0.39 is 20.2 Å². The van der Waals surface area contributed by atoms with E-state index in [2.05, 4.69) is 76.4 Å². The highest BCUT2D eigenvalue weighted by molar-refractivity contribution is 8.04. The number of aromatic nitrogens is 1. The molecule has 0 atom stereocenters. The van der Waals surface area contributed by atoms with Gasteiger partial charge in [-0.15, -0.1) is 11.3 Å². The molecular formula is C31H31N2O6S5+. The third kappa shape index (κ3) is 6.74. The van der Waals surface area contributed by atoms with E-state index in [9.17, 15) is 25.9 Å². The van der Waals surface area contributed by atoms with Gasteiger partial charge in [-0.3, -0.25) is 9.11 Å². The number of rotatable bonds is 11. The fourth-order valence-corrected chi connectivity index (χ4v) is 9.92. The number of anilines is 1. The molecule has 0 saturated carbocycles. The summed E-state index contributed by atoms with van der Waals surface area (Å²) in [4.78, 5) is 3.26. The van der Waals surface area contributed by atoms with Gasteiger partial charge in [-0.1, -0.05) is 54.3 Å². The van der Waals surface area contributed by atoms with E-state index in [-0.39, 0.29) is 24.3 Å². The molecule has 8 nitrogen and oxygen atoms in total. The van der Waals surface area contributed by atoms with Crippen molar-refractivity contribution in [3.8, 4) is 0 Å².